The second-order valence-electron chi connectivity index (χ2n) is 8.31. The zero-order valence-electron chi connectivity index (χ0n) is 14.7. The Hall–Kier alpha value is -0.900. The molecule has 0 radical (unpaired) electrons. The van der Waals surface area contributed by atoms with E-state index in [9.17, 15) is 9.59 Å². The number of likely N-dealkylation sites (tertiary alicyclic amines) is 1. The summed E-state index contributed by atoms with van der Waals surface area (Å²) in [7, 11) is 0. The Morgan fingerprint density at radius 1 is 0.955 bits per heavy atom. The van der Waals surface area contributed by atoms with Gasteiger partial charge in [0.2, 0.25) is 6.41 Å². The molecule has 1 aliphatic carbocycles. The van der Waals surface area contributed by atoms with Crippen molar-refractivity contribution >= 4 is 12.7 Å². The number of hydrogen-bond acceptors (Lipinski definition) is 3. The summed E-state index contributed by atoms with van der Waals surface area (Å²) >= 11 is 0. The molecule has 2 rings (SSSR count). The number of carbonyl (C=O) groups is 2. The molecule has 2 aliphatic rings. The molecule has 0 aromatic heterocycles. The molecule has 126 valence electrons. The first-order valence-corrected chi connectivity index (χ1v) is 8.76. The monoisotopic (exact) mass is 308 g/mol. The molecule has 1 heterocycles. The van der Waals surface area contributed by atoms with Crippen LogP contribution in [-0.4, -0.2) is 52.2 Å². The van der Waals surface area contributed by atoms with Gasteiger partial charge in [-0.2, -0.15) is 0 Å². The Bertz CT molecular complexity index is 382. The van der Waals surface area contributed by atoms with Gasteiger partial charge in [0.05, 0.1) is 6.54 Å². The smallest absolute Gasteiger partial charge is 0.210 e. The van der Waals surface area contributed by atoms with E-state index in [1.54, 1.807) is 0 Å². The molecule has 1 aliphatic heterocycles. The first-order chi connectivity index (χ1) is 10.3. The Kier molecular flexibility index (Phi) is 5.31. The maximum absolute atomic E-state index is 11.8. The van der Waals surface area contributed by atoms with Gasteiger partial charge in [0, 0.05) is 23.2 Å². The van der Waals surface area contributed by atoms with Gasteiger partial charge in [-0.1, -0.05) is 19.3 Å². The third kappa shape index (κ3) is 3.53. The van der Waals surface area contributed by atoms with Crippen LogP contribution in [0, 0.1) is 0 Å². The van der Waals surface area contributed by atoms with E-state index in [0.29, 0.717) is 12.6 Å². The average Bonchev–Trinajstić information content (AvgIpc) is 2.44. The van der Waals surface area contributed by atoms with Crippen molar-refractivity contribution in [2.24, 2.45) is 0 Å². The molecule has 4 nitrogen and oxygen atoms in total. The normalized spacial score (nSPS) is 26.5. The second kappa shape index (κ2) is 6.69. The highest BCUT2D eigenvalue weighted by atomic mass is 16.1. The number of amides is 1. The van der Waals surface area contributed by atoms with Gasteiger partial charge in [0.15, 0.2) is 0 Å². The molecule has 0 spiro atoms. The molecule has 0 bridgehead atoms. The number of nitrogens with zero attached hydrogens (tertiary/aromatic N) is 2. The Morgan fingerprint density at radius 3 is 1.95 bits per heavy atom. The highest BCUT2D eigenvalue weighted by Gasteiger charge is 2.47. The molecule has 1 saturated carbocycles. The van der Waals surface area contributed by atoms with Crippen molar-refractivity contribution in [1.82, 2.24) is 9.80 Å². The van der Waals surface area contributed by atoms with Gasteiger partial charge in [-0.15, -0.1) is 0 Å². The average molecular weight is 308 g/mol. The van der Waals surface area contributed by atoms with Gasteiger partial charge in [0.1, 0.15) is 6.29 Å². The molecule has 1 amide bonds. The maximum Gasteiger partial charge on any atom is 0.210 e. The molecular formula is C18H32N2O2. The topological polar surface area (TPSA) is 40.6 Å². The van der Waals surface area contributed by atoms with Crippen molar-refractivity contribution < 1.29 is 9.59 Å². The molecule has 0 atom stereocenters. The lowest BCUT2D eigenvalue weighted by molar-refractivity contribution is -0.133. The molecule has 4 heteroatoms. The Balaban J connectivity index is 2.18. The largest absolute Gasteiger partial charge is 0.339 e. The van der Waals surface area contributed by atoms with Crippen molar-refractivity contribution in [3.05, 3.63) is 0 Å². The number of carbonyl (C=O) groups excluding carboxylic acids is 2. The molecule has 22 heavy (non-hydrogen) atoms. The summed E-state index contributed by atoms with van der Waals surface area (Å²) in [4.78, 5) is 27.3. The first kappa shape index (κ1) is 17.5. The van der Waals surface area contributed by atoms with E-state index in [1.165, 1.54) is 19.3 Å². The highest BCUT2D eigenvalue weighted by molar-refractivity contribution is 5.53. The fourth-order valence-corrected chi connectivity index (χ4v) is 4.89. The maximum atomic E-state index is 11.8. The zero-order chi connectivity index (χ0) is 16.4. The van der Waals surface area contributed by atoms with E-state index < -0.39 is 0 Å². The van der Waals surface area contributed by atoms with E-state index in [0.717, 1.165) is 38.4 Å². The van der Waals surface area contributed by atoms with Crippen LogP contribution in [-0.2, 0) is 9.59 Å². The Labute approximate surface area is 135 Å². The summed E-state index contributed by atoms with van der Waals surface area (Å²) < 4.78 is 0. The number of rotatable bonds is 5. The second-order valence-corrected chi connectivity index (χ2v) is 8.31. The lowest BCUT2D eigenvalue weighted by atomic mass is 9.75. The molecule has 0 N–H and O–H groups in total. The van der Waals surface area contributed by atoms with Gasteiger partial charge in [-0.05, 0) is 53.4 Å². The molecule has 0 unspecified atom stereocenters. The standard InChI is InChI=1S/C18H32N2O2/c1-17(2)12-16(13-18(3,4)20(17)10-11-21)19(14-22)15-8-6-5-7-9-15/h11,14-16H,5-10,12-13H2,1-4H3. The van der Waals surface area contributed by atoms with E-state index in [4.69, 9.17) is 0 Å². The number of aldehydes is 1. The molecular weight excluding hydrogens is 276 g/mol. The van der Waals surface area contributed by atoms with E-state index >= 15 is 0 Å². The van der Waals surface area contributed by atoms with Crippen LogP contribution in [0.2, 0.25) is 0 Å². The summed E-state index contributed by atoms with van der Waals surface area (Å²) in [6, 6.07) is 0.703. The minimum atomic E-state index is -0.0662. The van der Waals surface area contributed by atoms with Crippen LogP contribution >= 0.6 is 0 Å². The van der Waals surface area contributed by atoms with Crippen LogP contribution in [0.5, 0.6) is 0 Å². The van der Waals surface area contributed by atoms with Gasteiger partial charge in [-0.3, -0.25) is 9.69 Å². The number of hydrogen-bond donors (Lipinski definition) is 0. The lowest BCUT2D eigenvalue weighted by Crippen LogP contribution is -2.65. The third-order valence-corrected chi connectivity index (χ3v) is 5.73. The van der Waals surface area contributed by atoms with Crippen LogP contribution in [0.1, 0.15) is 72.6 Å². The van der Waals surface area contributed by atoms with Gasteiger partial charge in [0.25, 0.3) is 0 Å². The minimum absolute atomic E-state index is 0.0662. The van der Waals surface area contributed by atoms with Gasteiger partial charge in [-0.25, -0.2) is 0 Å². The van der Waals surface area contributed by atoms with E-state index in [1.807, 2.05) is 0 Å². The zero-order valence-corrected chi connectivity index (χ0v) is 14.7. The van der Waals surface area contributed by atoms with Crippen molar-refractivity contribution in [2.75, 3.05) is 6.54 Å². The predicted octanol–water partition coefficient (Wildman–Crippen LogP) is 3.00. The van der Waals surface area contributed by atoms with Crippen LogP contribution in [0.15, 0.2) is 0 Å². The van der Waals surface area contributed by atoms with E-state index in [2.05, 4.69) is 37.5 Å². The summed E-state index contributed by atoms with van der Waals surface area (Å²) in [6.07, 6.45) is 10.1. The first-order valence-electron chi connectivity index (χ1n) is 8.76. The van der Waals surface area contributed by atoms with Crippen LogP contribution < -0.4 is 0 Å². The van der Waals surface area contributed by atoms with Gasteiger partial charge < -0.3 is 9.69 Å². The van der Waals surface area contributed by atoms with Crippen LogP contribution in [0.4, 0.5) is 0 Å². The third-order valence-electron chi connectivity index (χ3n) is 5.73. The fourth-order valence-electron chi connectivity index (χ4n) is 4.89. The van der Waals surface area contributed by atoms with Gasteiger partial charge >= 0.3 is 0 Å². The summed E-state index contributed by atoms with van der Waals surface area (Å²) in [5, 5.41) is 0. The van der Waals surface area contributed by atoms with Crippen molar-refractivity contribution in [1.29, 1.82) is 0 Å². The SMILES string of the molecule is CC1(C)CC(N(C=O)C2CCCCC2)CC(C)(C)N1CC=O. The highest BCUT2D eigenvalue weighted by Crippen LogP contribution is 2.40. The molecule has 1 saturated heterocycles. The summed E-state index contributed by atoms with van der Waals surface area (Å²) in [5.41, 5.74) is -0.132. The van der Waals surface area contributed by atoms with Crippen LogP contribution in [0.3, 0.4) is 0 Å². The number of piperidine rings is 1. The summed E-state index contributed by atoms with van der Waals surface area (Å²) in [5.74, 6) is 0. The molecule has 0 aromatic rings. The fraction of sp³-hybridized carbons (Fsp3) is 0.889. The Morgan fingerprint density at radius 2 is 1.50 bits per heavy atom. The van der Waals surface area contributed by atoms with Crippen LogP contribution in [0.25, 0.3) is 0 Å². The molecule has 0 aromatic carbocycles. The molecule has 2 fully saturated rings. The summed E-state index contributed by atoms with van der Waals surface area (Å²) in [6.45, 7) is 9.28. The lowest BCUT2D eigenvalue weighted by Gasteiger charge is -2.57. The predicted molar refractivity (Wildman–Crippen MR) is 88.7 cm³/mol. The van der Waals surface area contributed by atoms with Crippen molar-refractivity contribution in [2.45, 2.75) is 95.8 Å². The van der Waals surface area contributed by atoms with Crippen molar-refractivity contribution in [3.8, 4) is 0 Å². The minimum Gasteiger partial charge on any atom is -0.339 e. The quantitative estimate of drug-likeness (QED) is 0.733. The van der Waals surface area contributed by atoms with E-state index in [-0.39, 0.29) is 17.1 Å². The van der Waals surface area contributed by atoms with Crippen molar-refractivity contribution in [3.63, 3.8) is 0 Å².